The van der Waals surface area contributed by atoms with Crippen LogP contribution in [0.15, 0.2) is 40.2 Å². The summed E-state index contributed by atoms with van der Waals surface area (Å²) < 4.78 is 1.02. The molecule has 0 saturated carbocycles. The first kappa shape index (κ1) is 10.0. The van der Waals surface area contributed by atoms with Crippen molar-refractivity contribution < 1.29 is 0 Å². The van der Waals surface area contributed by atoms with Crippen LogP contribution in [-0.4, -0.2) is 10.2 Å². The van der Waals surface area contributed by atoms with Crippen molar-refractivity contribution in [3.63, 3.8) is 0 Å². The summed E-state index contributed by atoms with van der Waals surface area (Å²) in [6.07, 6.45) is 0. The second kappa shape index (κ2) is 5.38. The summed E-state index contributed by atoms with van der Waals surface area (Å²) >= 11 is 1.58. The predicted octanol–water partition coefficient (Wildman–Crippen LogP) is 3.48. The lowest BCUT2D eigenvalue weighted by atomic mass is 10.2. The summed E-state index contributed by atoms with van der Waals surface area (Å²) in [5, 5.41) is 7.74. The van der Waals surface area contributed by atoms with Gasteiger partial charge in [0.1, 0.15) is 5.51 Å². The average Bonchev–Trinajstić information content (AvgIpc) is 2.72. The smallest absolute Gasteiger partial charge is 0.146 e. The van der Waals surface area contributed by atoms with Crippen molar-refractivity contribution in [2.75, 3.05) is 0 Å². The molecule has 1 heterocycles. The third-order valence-electron chi connectivity index (χ3n) is 1.54. The van der Waals surface area contributed by atoms with Crippen LogP contribution < -0.4 is 0 Å². The molecule has 2 nitrogen and oxygen atoms in total. The van der Waals surface area contributed by atoms with Crippen LogP contribution in [-0.2, 0) is 5.75 Å². The van der Waals surface area contributed by atoms with Gasteiger partial charge in [0, 0.05) is 5.75 Å². The fourth-order valence-electron chi connectivity index (χ4n) is 0.921. The zero-order valence-electron chi connectivity index (χ0n) is 7.29. The lowest BCUT2D eigenvalue weighted by Crippen LogP contribution is -1.75. The molecule has 0 saturated heterocycles. The molecule has 0 unspecified atom stereocenters. The number of benzene rings is 1. The van der Waals surface area contributed by atoms with E-state index in [0.717, 1.165) is 10.1 Å². The molecule has 1 aromatic heterocycles. The zero-order valence-corrected chi connectivity index (χ0v) is 9.74. The number of aromatic nitrogens is 2. The van der Waals surface area contributed by atoms with Gasteiger partial charge in [-0.15, -0.1) is 10.2 Å². The highest BCUT2D eigenvalue weighted by molar-refractivity contribution is 8.76. The summed E-state index contributed by atoms with van der Waals surface area (Å²) in [6, 6.07) is 10.4. The van der Waals surface area contributed by atoms with E-state index in [1.165, 1.54) is 5.56 Å². The van der Waals surface area contributed by atoms with Gasteiger partial charge in [-0.1, -0.05) is 52.5 Å². The Morgan fingerprint density at radius 2 is 2.07 bits per heavy atom. The van der Waals surface area contributed by atoms with Gasteiger partial charge >= 0.3 is 0 Å². The van der Waals surface area contributed by atoms with Crippen LogP contribution in [0.2, 0.25) is 0 Å². The van der Waals surface area contributed by atoms with Crippen molar-refractivity contribution in [2.24, 2.45) is 0 Å². The van der Waals surface area contributed by atoms with Gasteiger partial charge < -0.3 is 0 Å². The van der Waals surface area contributed by atoms with Gasteiger partial charge in [0.25, 0.3) is 0 Å². The van der Waals surface area contributed by atoms with Gasteiger partial charge in [0.15, 0.2) is 4.34 Å². The highest BCUT2D eigenvalue weighted by Crippen LogP contribution is 2.33. The molecule has 0 N–H and O–H groups in total. The molecular formula is C9H8N2S3. The fourth-order valence-corrected chi connectivity index (χ4v) is 3.83. The molecular weight excluding hydrogens is 232 g/mol. The van der Waals surface area contributed by atoms with E-state index >= 15 is 0 Å². The van der Waals surface area contributed by atoms with E-state index < -0.39 is 0 Å². The molecule has 1 aromatic carbocycles. The van der Waals surface area contributed by atoms with Crippen LogP contribution in [0.1, 0.15) is 5.56 Å². The van der Waals surface area contributed by atoms with E-state index in [-0.39, 0.29) is 0 Å². The summed E-state index contributed by atoms with van der Waals surface area (Å²) in [5.41, 5.74) is 3.10. The molecule has 0 bridgehead atoms. The van der Waals surface area contributed by atoms with Gasteiger partial charge in [-0.2, -0.15) is 0 Å². The lowest BCUT2D eigenvalue weighted by Gasteiger charge is -1.97. The van der Waals surface area contributed by atoms with E-state index in [0.29, 0.717) is 0 Å². The van der Waals surface area contributed by atoms with Crippen LogP contribution in [0.4, 0.5) is 0 Å². The van der Waals surface area contributed by atoms with Crippen molar-refractivity contribution in [1.29, 1.82) is 0 Å². The Morgan fingerprint density at radius 1 is 1.21 bits per heavy atom. The molecule has 72 valence electrons. The van der Waals surface area contributed by atoms with E-state index in [9.17, 15) is 0 Å². The fraction of sp³-hybridized carbons (Fsp3) is 0.111. The number of nitrogens with zero attached hydrogens (tertiary/aromatic N) is 2. The number of rotatable bonds is 4. The molecule has 0 radical (unpaired) electrons. The minimum absolute atomic E-state index is 1.01. The Hall–Kier alpha value is -0.520. The Kier molecular flexibility index (Phi) is 3.85. The molecule has 0 fully saturated rings. The molecule has 14 heavy (non-hydrogen) atoms. The quantitative estimate of drug-likeness (QED) is 0.764. The Morgan fingerprint density at radius 3 is 2.79 bits per heavy atom. The molecule has 0 aliphatic heterocycles. The second-order valence-electron chi connectivity index (χ2n) is 2.54. The molecule has 0 spiro atoms. The predicted molar refractivity (Wildman–Crippen MR) is 63.5 cm³/mol. The van der Waals surface area contributed by atoms with Gasteiger partial charge in [-0.3, -0.25) is 0 Å². The van der Waals surface area contributed by atoms with E-state index in [1.54, 1.807) is 38.4 Å². The van der Waals surface area contributed by atoms with Gasteiger partial charge in [0.2, 0.25) is 0 Å². The largest absolute Gasteiger partial charge is 0.184 e. The molecule has 0 amide bonds. The first-order valence-corrected chi connectivity index (χ1v) is 7.24. The third-order valence-corrected chi connectivity index (χ3v) is 4.85. The summed E-state index contributed by atoms with van der Waals surface area (Å²) in [5.74, 6) is 1.01. The minimum atomic E-state index is 1.01. The standard InChI is InChI=1S/C9H8N2S3/c1-2-4-8(5-3-1)6-13-14-9-11-10-7-12-9/h1-5,7H,6H2. The minimum Gasteiger partial charge on any atom is -0.146 e. The highest BCUT2D eigenvalue weighted by Gasteiger charge is 1.98. The second-order valence-corrected chi connectivity index (χ2v) is 5.91. The average molecular weight is 240 g/mol. The molecule has 0 aliphatic carbocycles. The normalized spacial score (nSPS) is 10.3. The Balaban J connectivity index is 1.79. The van der Waals surface area contributed by atoms with Crippen LogP contribution in [0.3, 0.4) is 0 Å². The molecule has 5 heteroatoms. The number of hydrogen-bond acceptors (Lipinski definition) is 5. The van der Waals surface area contributed by atoms with E-state index in [4.69, 9.17) is 0 Å². The summed E-state index contributed by atoms with van der Waals surface area (Å²) in [6.45, 7) is 0. The van der Waals surface area contributed by atoms with Crippen LogP contribution in [0.25, 0.3) is 0 Å². The van der Waals surface area contributed by atoms with E-state index in [2.05, 4.69) is 34.5 Å². The maximum absolute atomic E-state index is 3.96. The number of hydrogen-bond donors (Lipinski definition) is 0. The molecule has 2 rings (SSSR count). The Labute approximate surface area is 94.5 Å². The maximum Gasteiger partial charge on any atom is 0.184 e. The van der Waals surface area contributed by atoms with Gasteiger partial charge in [-0.05, 0) is 16.4 Å². The molecule has 2 aromatic rings. The van der Waals surface area contributed by atoms with Crippen molar-refractivity contribution in [2.45, 2.75) is 10.1 Å². The third kappa shape index (κ3) is 3.01. The SMILES string of the molecule is c1ccc(CSSc2nncs2)cc1. The summed E-state index contributed by atoms with van der Waals surface area (Å²) in [4.78, 5) is 0. The van der Waals surface area contributed by atoms with Gasteiger partial charge in [-0.25, -0.2) is 0 Å². The molecule has 0 aliphatic rings. The van der Waals surface area contributed by atoms with Crippen LogP contribution in [0.5, 0.6) is 0 Å². The first-order chi connectivity index (χ1) is 6.95. The monoisotopic (exact) mass is 240 g/mol. The topological polar surface area (TPSA) is 25.8 Å². The lowest BCUT2D eigenvalue weighted by molar-refractivity contribution is 1.01. The zero-order chi connectivity index (χ0) is 9.64. The summed E-state index contributed by atoms with van der Waals surface area (Å²) in [7, 11) is 3.47. The van der Waals surface area contributed by atoms with Crippen molar-refractivity contribution in [3.05, 3.63) is 41.4 Å². The van der Waals surface area contributed by atoms with Crippen molar-refractivity contribution in [1.82, 2.24) is 10.2 Å². The first-order valence-electron chi connectivity index (χ1n) is 4.05. The van der Waals surface area contributed by atoms with Crippen LogP contribution >= 0.6 is 32.9 Å². The molecule has 0 atom stereocenters. The van der Waals surface area contributed by atoms with Crippen LogP contribution in [0, 0.1) is 0 Å². The van der Waals surface area contributed by atoms with Crippen molar-refractivity contribution >= 4 is 32.9 Å². The van der Waals surface area contributed by atoms with Gasteiger partial charge in [0.05, 0.1) is 0 Å². The highest BCUT2D eigenvalue weighted by atomic mass is 33.1. The van der Waals surface area contributed by atoms with Crippen molar-refractivity contribution in [3.8, 4) is 0 Å². The Bertz CT molecular complexity index is 361. The van der Waals surface area contributed by atoms with E-state index in [1.807, 2.05) is 6.07 Å². The maximum atomic E-state index is 3.96.